The van der Waals surface area contributed by atoms with Crippen molar-refractivity contribution in [2.75, 3.05) is 19.7 Å². The highest BCUT2D eigenvalue weighted by atomic mass is 32.5. The Balaban J connectivity index is 4.13. The standard InChI is InChI=1S/C6H16NO2PS/c1-4-7(5-2)10(8,11)9-6-3/h4-6H2,1-3H3,(H,8,11). The van der Waals surface area contributed by atoms with Crippen LogP contribution in [0.5, 0.6) is 0 Å². The Morgan fingerprint density at radius 1 is 1.36 bits per heavy atom. The van der Waals surface area contributed by atoms with E-state index >= 15 is 0 Å². The largest absolute Gasteiger partial charge is 0.334 e. The van der Waals surface area contributed by atoms with E-state index in [0.717, 1.165) is 13.1 Å². The molecule has 0 aromatic carbocycles. The van der Waals surface area contributed by atoms with E-state index in [-0.39, 0.29) is 0 Å². The van der Waals surface area contributed by atoms with Gasteiger partial charge in [-0.1, -0.05) is 13.8 Å². The van der Waals surface area contributed by atoms with Crippen LogP contribution in [0.1, 0.15) is 20.8 Å². The molecular formula is C6H16NO2PS. The Bertz CT molecular complexity index is 150. The van der Waals surface area contributed by atoms with E-state index in [9.17, 15) is 4.89 Å². The maximum absolute atomic E-state index is 9.60. The second kappa shape index (κ2) is 5.22. The predicted molar refractivity (Wildman–Crippen MR) is 51.1 cm³/mol. The lowest BCUT2D eigenvalue weighted by Crippen LogP contribution is -2.20. The van der Waals surface area contributed by atoms with Gasteiger partial charge in [-0.15, -0.1) is 0 Å². The van der Waals surface area contributed by atoms with Crippen LogP contribution in [0.3, 0.4) is 0 Å². The van der Waals surface area contributed by atoms with Gasteiger partial charge >= 0.3 is 0 Å². The summed E-state index contributed by atoms with van der Waals surface area (Å²) in [5.41, 5.74) is 0. The van der Waals surface area contributed by atoms with Crippen LogP contribution in [-0.2, 0) is 16.3 Å². The average Bonchev–Trinajstić information content (AvgIpc) is 1.89. The van der Waals surface area contributed by atoms with Crippen LogP contribution in [0.25, 0.3) is 0 Å². The summed E-state index contributed by atoms with van der Waals surface area (Å²) < 4.78 is 6.86. The van der Waals surface area contributed by atoms with Crippen LogP contribution in [-0.4, -0.2) is 29.3 Å². The van der Waals surface area contributed by atoms with E-state index in [1.165, 1.54) is 0 Å². The van der Waals surface area contributed by atoms with Crippen LogP contribution in [0, 0.1) is 0 Å². The molecule has 68 valence electrons. The van der Waals surface area contributed by atoms with Crippen molar-refractivity contribution in [3.63, 3.8) is 0 Å². The van der Waals surface area contributed by atoms with E-state index in [4.69, 9.17) is 16.3 Å². The van der Waals surface area contributed by atoms with E-state index in [1.807, 2.05) is 20.8 Å². The maximum Gasteiger partial charge on any atom is 0.261 e. The number of hydrogen-bond acceptors (Lipinski definition) is 2. The Morgan fingerprint density at radius 2 is 1.82 bits per heavy atom. The highest BCUT2D eigenvalue weighted by molar-refractivity contribution is 8.08. The Labute approximate surface area is 73.6 Å². The van der Waals surface area contributed by atoms with E-state index < -0.39 is 6.64 Å². The fraction of sp³-hybridized carbons (Fsp3) is 1.00. The van der Waals surface area contributed by atoms with Gasteiger partial charge in [-0.25, -0.2) is 4.67 Å². The third-order valence-corrected chi connectivity index (χ3v) is 4.27. The lowest BCUT2D eigenvalue weighted by molar-refractivity contribution is 0.270. The second-order valence-corrected chi connectivity index (χ2v) is 5.28. The molecule has 0 aliphatic rings. The quantitative estimate of drug-likeness (QED) is 0.678. The first-order valence-electron chi connectivity index (χ1n) is 3.81. The molecule has 0 aliphatic heterocycles. The van der Waals surface area contributed by atoms with Crippen molar-refractivity contribution in [2.45, 2.75) is 20.8 Å². The zero-order valence-electron chi connectivity index (χ0n) is 7.28. The molecule has 1 unspecified atom stereocenters. The van der Waals surface area contributed by atoms with Crippen molar-refractivity contribution in [3.05, 3.63) is 0 Å². The summed E-state index contributed by atoms with van der Waals surface area (Å²) >= 11 is 4.93. The molecule has 1 N–H and O–H groups in total. The zero-order valence-corrected chi connectivity index (χ0v) is 8.99. The highest BCUT2D eigenvalue weighted by Crippen LogP contribution is 2.45. The number of rotatable bonds is 5. The van der Waals surface area contributed by atoms with Crippen molar-refractivity contribution in [2.24, 2.45) is 0 Å². The topological polar surface area (TPSA) is 32.7 Å². The SMILES string of the molecule is CCOP(O)(=S)N(CC)CC. The van der Waals surface area contributed by atoms with Crippen LogP contribution in [0.4, 0.5) is 0 Å². The number of nitrogens with zero attached hydrogens (tertiary/aromatic N) is 1. The minimum atomic E-state index is -2.64. The van der Waals surface area contributed by atoms with Gasteiger partial charge in [-0.3, -0.25) is 0 Å². The fourth-order valence-electron chi connectivity index (χ4n) is 0.831. The van der Waals surface area contributed by atoms with Gasteiger partial charge < -0.3 is 9.42 Å². The summed E-state index contributed by atoms with van der Waals surface area (Å²) in [7, 11) is 0. The van der Waals surface area contributed by atoms with Gasteiger partial charge in [0.15, 0.2) is 0 Å². The van der Waals surface area contributed by atoms with Gasteiger partial charge in [0.1, 0.15) is 0 Å². The van der Waals surface area contributed by atoms with Crippen molar-refractivity contribution < 1.29 is 9.42 Å². The molecule has 0 bridgehead atoms. The second-order valence-electron chi connectivity index (χ2n) is 2.05. The van der Waals surface area contributed by atoms with Crippen molar-refractivity contribution in [3.8, 4) is 0 Å². The highest BCUT2D eigenvalue weighted by Gasteiger charge is 2.20. The molecule has 0 amide bonds. The smallest absolute Gasteiger partial charge is 0.261 e. The maximum atomic E-state index is 9.60. The molecule has 11 heavy (non-hydrogen) atoms. The average molecular weight is 197 g/mol. The molecule has 0 rings (SSSR count). The molecule has 5 heteroatoms. The van der Waals surface area contributed by atoms with Gasteiger partial charge in [0.25, 0.3) is 6.64 Å². The molecule has 0 saturated heterocycles. The summed E-state index contributed by atoms with van der Waals surface area (Å²) in [4.78, 5) is 9.60. The van der Waals surface area contributed by atoms with Gasteiger partial charge in [0.2, 0.25) is 0 Å². The van der Waals surface area contributed by atoms with E-state index in [2.05, 4.69) is 0 Å². The van der Waals surface area contributed by atoms with Crippen molar-refractivity contribution in [1.29, 1.82) is 0 Å². The Kier molecular flexibility index (Phi) is 5.48. The third kappa shape index (κ3) is 3.63. The summed E-state index contributed by atoms with van der Waals surface area (Å²) in [6.45, 7) is 5.07. The van der Waals surface area contributed by atoms with Crippen molar-refractivity contribution >= 4 is 18.4 Å². The monoisotopic (exact) mass is 197 g/mol. The zero-order chi connectivity index (χ0) is 8.91. The molecule has 0 heterocycles. The summed E-state index contributed by atoms with van der Waals surface area (Å²) in [6, 6.07) is 0. The molecule has 0 fully saturated rings. The van der Waals surface area contributed by atoms with E-state index in [1.54, 1.807) is 4.67 Å². The fourth-order valence-corrected chi connectivity index (χ4v) is 3.05. The summed E-state index contributed by atoms with van der Waals surface area (Å²) in [5.74, 6) is 0. The molecule has 0 saturated carbocycles. The van der Waals surface area contributed by atoms with Crippen LogP contribution in [0.2, 0.25) is 0 Å². The molecular weight excluding hydrogens is 181 g/mol. The molecule has 3 nitrogen and oxygen atoms in total. The predicted octanol–water partition coefficient (Wildman–Crippen LogP) is 1.58. The molecule has 0 aromatic heterocycles. The normalized spacial score (nSPS) is 16.8. The minimum absolute atomic E-state index is 0.476. The van der Waals surface area contributed by atoms with Gasteiger partial charge in [0, 0.05) is 13.1 Å². The summed E-state index contributed by atoms with van der Waals surface area (Å²) in [5, 5.41) is 0. The lowest BCUT2D eigenvalue weighted by atomic mass is 10.7. The van der Waals surface area contributed by atoms with Gasteiger partial charge in [0.05, 0.1) is 6.61 Å². The molecule has 1 atom stereocenters. The van der Waals surface area contributed by atoms with Crippen LogP contribution < -0.4 is 0 Å². The van der Waals surface area contributed by atoms with Crippen molar-refractivity contribution in [1.82, 2.24) is 4.67 Å². The number of hydrogen-bond donors (Lipinski definition) is 1. The molecule has 0 aliphatic carbocycles. The first-order chi connectivity index (χ1) is 5.08. The minimum Gasteiger partial charge on any atom is -0.334 e. The Morgan fingerprint density at radius 3 is 2.09 bits per heavy atom. The van der Waals surface area contributed by atoms with Gasteiger partial charge in [-0.2, -0.15) is 0 Å². The summed E-state index contributed by atoms with van der Waals surface area (Å²) in [6.07, 6.45) is 0. The molecule has 0 radical (unpaired) electrons. The lowest BCUT2D eigenvalue weighted by Gasteiger charge is -2.26. The first-order valence-corrected chi connectivity index (χ1v) is 6.43. The third-order valence-electron chi connectivity index (χ3n) is 1.38. The first kappa shape index (κ1) is 11.5. The van der Waals surface area contributed by atoms with Crippen LogP contribution in [0.15, 0.2) is 0 Å². The van der Waals surface area contributed by atoms with Gasteiger partial charge in [-0.05, 0) is 18.7 Å². The van der Waals surface area contributed by atoms with Crippen LogP contribution >= 0.6 is 6.64 Å². The Hall–Kier alpha value is 0.530. The van der Waals surface area contributed by atoms with E-state index in [0.29, 0.717) is 6.61 Å². The molecule has 0 spiro atoms. The molecule has 0 aromatic rings.